The van der Waals surface area contributed by atoms with E-state index in [1.165, 1.54) is 18.1 Å². The van der Waals surface area contributed by atoms with Crippen molar-refractivity contribution in [1.29, 1.82) is 0 Å². The predicted molar refractivity (Wildman–Crippen MR) is 162 cm³/mol. The number of benzene rings is 2. The van der Waals surface area contributed by atoms with Crippen LogP contribution in [0.3, 0.4) is 0 Å². The minimum atomic E-state index is -0.123. The van der Waals surface area contributed by atoms with Crippen molar-refractivity contribution < 1.29 is 19.2 Å². The zero-order valence-corrected chi connectivity index (χ0v) is 25.5. The monoisotopic (exact) mass is 544 g/mol. The molecule has 0 aromatic heterocycles. The van der Waals surface area contributed by atoms with Gasteiger partial charge in [0, 0.05) is 30.7 Å². The number of fused-ring (bicyclic) bond motifs is 1. The van der Waals surface area contributed by atoms with E-state index in [9.17, 15) is 19.2 Å². The summed E-state index contributed by atoms with van der Waals surface area (Å²) in [4.78, 5) is 51.0. The Labute approximate surface area is 241 Å². The Hall–Kier alpha value is -2.88. The van der Waals surface area contributed by atoms with Crippen LogP contribution in [0.4, 0.5) is 0 Å². The van der Waals surface area contributed by atoms with Gasteiger partial charge in [0.05, 0.1) is 6.42 Å². The second kappa shape index (κ2) is 14.7. The van der Waals surface area contributed by atoms with E-state index >= 15 is 0 Å². The lowest BCUT2D eigenvalue weighted by Crippen LogP contribution is -2.30. The van der Waals surface area contributed by atoms with Crippen molar-refractivity contribution in [2.24, 2.45) is 17.8 Å². The Kier molecular flexibility index (Phi) is 11.6. The number of Topliss-reactive ketones (excluding diaryl/α,β-unsaturated/α-hetero) is 4. The van der Waals surface area contributed by atoms with Crippen LogP contribution in [0.2, 0.25) is 0 Å². The Morgan fingerprint density at radius 2 is 1.73 bits per heavy atom. The van der Waals surface area contributed by atoms with Gasteiger partial charge in [-0.15, -0.1) is 0 Å². The van der Waals surface area contributed by atoms with Crippen molar-refractivity contribution >= 4 is 23.1 Å². The van der Waals surface area contributed by atoms with Crippen LogP contribution in [0, 0.1) is 24.7 Å². The highest BCUT2D eigenvalue weighted by Crippen LogP contribution is 2.40. The summed E-state index contributed by atoms with van der Waals surface area (Å²) in [6.45, 7) is 12.1. The summed E-state index contributed by atoms with van der Waals surface area (Å²) in [6.07, 6.45) is 6.40. The molecule has 3 rings (SSSR count). The molecule has 0 amide bonds. The predicted octanol–water partition coefficient (Wildman–Crippen LogP) is 7.99. The quantitative estimate of drug-likeness (QED) is 0.213. The summed E-state index contributed by atoms with van der Waals surface area (Å²) in [5.41, 5.74) is 6.44. The smallest absolute Gasteiger partial charge is 0.163 e. The molecular weight excluding hydrogens is 496 g/mol. The maximum absolute atomic E-state index is 13.7. The lowest BCUT2D eigenvalue weighted by molar-refractivity contribution is -0.130. The first-order valence-corrected chi connectivity index (χ1v) is 15.3. The minimum absolute atomic E-state index is 0.0124. The molecule has 0 fully saturated rings. The summed E-state index contributed by atoms with van der Waals surface area (Å²) in [7, 11) is 0. The molecule has 0 N–H and O–H groups in total. The molecular formula is C36H48O4. The van der Waals surface area contributed by atoms with E-state index in [4.69, 9.17) is 0 Å². The highest BCUT2D eigenvalue weighted by molar-refractivity contribution is 6.01. The van der Waals surface area contributed by atoms with Crippen LogP contribution in [0.5, 0.6) is 0 Å². The molecule has 0 saturated heterocycles. The molecule has 1 aliphatic carbocycles. The zero-order valence-electron chi connectivity index (χ0n) is 25.5. The van der Waals surface area contributed by atoms with E-state index in [1.54, 1.807) is 0 Å². The van der Waals surface area contributed by atoms with E-state index in [1.807, 2.05) is 44.2 Å². The van der Waals surface area contributed by atoms with E-state index in [-0.39, 0.29) is 53.2 Å². The fourth-order valence-electron chi connectivity index (χ4n) is 6.85. The molecule has 0 saturated carbocycles. The van der Waals surface area contributed by atoms with E-state index < -0.39 is 0 Å². The lowest BCUT2D eigenvalue weighted by Gasteiger charge is -2.33. The van der Waals surface area contributed by atoms with E-state index in [0.29, 0.717) is 25.7 Å². The van der Waals surface area contributed by atoms with Gasteiger partial charge < -0.3 is 0 Å². The second-order valence-corrected chi connectivity index (χ2v) is 12.3. The Bertz CT molecular complexity index is 1210. The first kappa shape index (κ1) is 31.6. The number of ketones is 4. The second-order valence-electron chi connectivity index (χ2n) is 12.3. The molecule has 0 radical (unpaired) electrons. The molecule has 2 aromatic carbocycles. The zero-order chi connectivity index (χ0) is 29.4. The Morgan fingerprint density at radius 1 is 1.02 bits per heavy atom. The normalized spacial score (nSPS) is 16.5. The minimum Gasteiger partial charge on any atom is -0.300 e. The molecule has 0 bridgehead atoms. The van der Waals surface area contributed by atoms with Gasteiger partial charge in [0.2, 0.25) is 0 Å². The molecule has 216 valence electrons. The third-order valence-corrected chi connectivity index (χ3v) is 8.76. The molecule has 3 atom stereocenters. The van der Waals surface area contributed by atoms with Crippen molar-refractivity contribution in [2.45, 2.75) is 112 Å². The van der Waals surface area contributed by atoms with Crippen LogP contribution in [0.15, 0.2) is 36.4 Å². The summed E-state index contributed by atoms with van der Waals surface area (Å²) >= 11 is 0. The SMILES string of the molecule is CCCC(CC1CC(=O)c2c(C)c(CCC(=O)Cc3ccccc3)cc(C(C)C)c2C1)C(CC)C(=O)CC(C)=O. The average Bonchev–Trinajstić information content (AvgIpc) is 2.88. The van der Waals surface area contributed by atoms with Crippen LogP contribution < -0.4 is 0 Å². The van der Waals surface area contributed by atoms with Gasteiger partial charge in [-0.3, -0.25) is 19.2 Å². The number of carbonyl (C=O) groups is 4. The van der Waals surface area contributed by atoms with E-state index in [0.717, 1.165) is 54.4 Å². The van der Waals surface area contributed by atoms with Gasteiger partial charge in [-0.1, -0.05) is 76.9 Å². The number of hydrogen-bond donors (Lipinski definition) is 0. The maximum atomic E-state index is 13.7. The molecule has 1 aliphatic rings. The number of rotatable bonds is 15. The molecule has 3 unspecified atom stereocenters. The van der Waals surface area contributed by atoms with Crippen LogP contribution in [-0.4, -0.2) is 23.1 Å². The molecule has 0 aliphatic heterocycles. The standard InChI is InChI=1S/C36H48O4/c1-7-12-29(31(8-2)34(39)17-24(5)37)18-27-20-33-32(23(3)4)22-28(25(6)36(33)35(40)21-27)15-16-30(38)19-26-13-10-9-11-14-26/h9-11,13-14,22-23,27,29,31H,7-8,12,15-21H2,1-6H3. The molecule has 4 heteroatoms. The van der Waals surface area contributed by atoms with Gasteiger partial charge in [-0.05, 0) is 85.1 Å². The molecule has 0 heterocycles. The maximum Gasteiger partial charge on any atom is 0.163 e. The van der Waals surface area contributed by atoms with Gasteiger partial charge in [-0.2, -0.15) is 0 Å². The molecule has 4 nitrogen and oxygen atoms in total. The third-order valence-electron chi connectivity index (χ3n) is 8.76. The van der Waals surface area contributed by atoms with E-state index in [2.05, 4.69) is 26.8 Å². The summed E-state index contributed by atoms with van der Waals surface area (Å²) in [5, 5.41) is 0. The van der Waals surface area contributed by atoms with Crippen molar-refractivity contribution in [3.8, 4) is 0 Å². The topological polar surface area (TPSA) is 68.3 Å². The summed E-state index contributed by atoms with van der Waals surface area (Å²) in [5.74, 6) is 0.935. The fourth-order valence-corrected chi connectivity index (χ4v) is 6.85. The number of carbonyl (C=O) groups excluding carboxylic acids is 4. The largest absolute Gasteiger partial charge is 0.300 e. The fraction of sp³-hybridized carbons (Fsp3) is 0.556. The van der Waals surface area contributed by atoms with Gasteiger partial charge in [0.25, 0.3) is 0 Å². The third kappa shape index (κ3) is 8.08. The summed E-state index contributed by atoms with van der Waals surface area (Å²) < 4.78 is 0. The van der Waals surface area contributed by atoms with Crippen molar-refractivity contribution in [1.82, 2.24) is 0 Å². The van der Waals surface area contributed by atoms with Gasteiger partial charge in [0.1, 0.15) is 17.3 Å². The van der Waals surface area contributed by atoms with Crippen LogP contribution in [0.25, 0.3) is 0 Å². The first-order chi connectivity index (χ1) is 19.0. The van der Waals surface area contributed by atoms with Crippen molar-refractivity contribution in [3.05, 3.63) is 69.8 Å². The first-order valence-electron chi connectivity index (χ1n) is 15.3. The number of aryl methyl sites for hydroxylation is 1. The Morgan fingerprint density at radius 3 is 2.33 bits per heavy atom. The number of hydrogen-bond acceptors (Lipinski definition) is 4. The van der Waals surface area contributed by atoms with Crippen LogP contribution in [-0.2, 0) is 33.6 Å². The highest BCUT2D eigenvalue weighted by atomic mass is 16.1. The van der Waals surface area contributed by atoms with Crippen LogP contribution in [0.1, 0.15) is 124 Å². The molecule has 0 spiro atoms. The molecule has 2 aromatic rings. The van der Waals surface area contributed by atoms with Gasteiger partial charge in [-0.25, -0.2) is 0 Å². The average molecular weight is 545 g/mol. The highest BCUT2D eigenvalue weighted by Gasteiger charge is 2.34. The molecule has 40 heavy (non-hydrogen) atoms. The van der Waals surface area contributed by atoms with Gasteiger partial charge >= 0.3 is 0 Å². The lowest BCUT2D eigenvalue weighted by atomic mass is 9.70. The van der Waals surface area contributed by atoms with Crippen molar-refractivity contribution in [3.63, 3.8) is 0 Å². The van der Waals surface area contributed by atoms with Crippen LogP contribution >= 0.6 is 0 Å². The van der Waals surface area contributed by atoms with Crippen molar-refractivity contribution in [2.75, 3.05) is 0 Å². The summed E-state index contributed by atoms with van der Waals surface area (Å²) in [6, 6.07) is 12.1. The Balaban J connectivity index is 1.82. The van der Waals surface area contributed by atoms with Gasteiger partial charge in [0.15, 0.2) is 5.78 Å².